The number of aromatic nitrogens is 1. The van der Waals surface area contributed by atoms with Gasteiger partial charge in [0.05, 0.1) is 28.4 Å². The first-order chi connectivity index (χ1) is 12.1. The molecule has 3 aromatic rings. The molecule has 7 heteroatoms. The molecule has 2 amide bonds. The second kappa shape index (κ2) is 7.92. The fraction of sp³-hybridized carbons (Fsp3) is 0.0556. The van der Waals surface area contributed by atoms with Gasteiger partial charge in [-0.15, -0.1) is 0 Å². The van der Waals surface area contributed by atoms with Crippen molar-refractivity contribution in [3.8, 4) is 0 Å². The molecule has 2 aromatic heterocycles. The minimum atomic E-state index is -0.300. The Morgan fingerprint density at radius 2 is 2.00 bits per heavy atom. The van der Waals surface area contributed by atoms with Crippen LogP contribution in [0, 0.1) is 0 Å². The molecule has 2 N–H and O–H groups in total. The first-order valence-electron chi connectivity index (χ1n) is 7.44. The van der Waals surface area contributed by atoms with Gasteiger partial charge in [-0.1, -0.05) is 17.7 Å². The molecule has 2 heterocycles. The number of benzene rings is 1. The van der Waals surface area contributed by atoms with E-state index in [-0.39, 0.29) is 16.8 Å². The van der Waals surface area contributed by atoms with Crippen LogP contribution in [0.25, 0.3) is 0 Å². The summed E-state index contributed by atoms with van der Waals surface area (Å²) in [6, 6.07) is 12.0. The van der Waals surface area contributed by atoms with Crippen molar-refractivity contribution < 1.29 is 9.59 Å². The Kier molecular flexibility index (Phi) is 5.42. The van der Waals surface area contributed by atoms with Crippen LogP contribution in [0.4, 0.5) is 5.69 Å². The molecule has 25 heavy (non-hydrogen) atoms. The average molecular weight is 372 g/mol. The van der Waals surface area contributed by atoms with Gasteiger partial charge in [-0.3, -0.25) is 14.6 Å². The first-order valence-corrected chi connectivity index (χ1v) is 8.77. The van der Waals surface area contributed by atoms with Crippen molar-refractivity contribution in [3.05, 3.63) is 81.3 Å². The minimum Gasteiger partial charge on any atom is -0.346 e. The SMILES string of the molecule is O=C(Nc1ccc(C(=O)NCc2ccccn2)c(Cl)c1)c1ccsc1. The van der Waals surface area contributed by atoms with Gasteiger partial charge in [0.25, 0.3) is 11.8 Å². The van der Waals surface area contributed by atoms with Crippen LogP contribution >= 0.6 is 22.9 Å². The van der Waals surface area contributed by atoms with E-state index in [1.54, 1.807) is 35.8 Å². The van der Waals surface area contributed by atoms with Crippen LogP contribution in [0.3, 0.4) is 0 Å². The number of pyridine rings is 1. The second-order valence-corrected chi connectivity index (χ2v) is 6.35. The Balaban J connectivity index is 1.65. The molecule has 126 valence electrons. The van der Waals surface area contributed by atoms with Crippen molar-refractivity contribution in [1.29, 1.82) is 0 Å². The number of thiophene rings is 1. The number of halogens is 1. The zero-order valence-corrected chi connectivity index (χ0v) is 14.6. The molecule has 0 unspecified atom stereocenters. The average Bonchev–Trinajstić information content (AvgIpc) is 3.15. The van der Waals surface area contributed by atoms with Gasteiger partial charge in [0.15, 0.2) is 0 Å². The van der Waals surface area contributed by atoms with Crippen LogP contribution < -0.4 is 10.6 Å². The summed E-state index contributed by atoms with van der Waals surface area (Å²) in [6.45, 7) is 0.312. The van der Waals surface area contributed by atoms with E-state index in [2.05, 4.69) is 15.6 Å². The Labute approximate surface area is 153 Å². The van der Waals surface area contributed by atoms with Crippen LogP contribution in [0.5, 0.6) is 0 Å². The summed E-state index contributed by atoms with van der Waals surface area (Å²) in [5.41, 5.74) is 2.21. The van der Waals surface area contributed by atoms with Crippen molar-refractivity contribution in [2.45, 2.75) is 6.54 Å². The maximum Gasteiger partial charge on any atom is 0.256 e. The molecule has 0 fully saturated rings. The highest BCUT2D eigenvalue weighted by Gasteiger charge is 2.12. The Morgan fingerprint density at radius 1 is 1.12 bits per heavy atom. The predicted octanol–water partition coefficient (Wildman–Crippen LogP) is 3.98. The summed E-state index contributed by atoms with van der Waals surface area (Å²) in [6.07, 6.45) is 1.67. The molecule has 0 aliphatic rings. The normalized spacial score (nSPS) is 10.3. The maximum atomic E-state index is 12.2. The van der Waals surface area contributed by atoms with Crippen molar-refractivity contribution in [3.63, 3.8) is 0 Å². The lowest BCUT2D eigenvalue weighted by Crippen LogP contribution is -2.23. The summed E-state index contributed by atoms with van der Waals surface area (Å²) in [4.78, 5) is 28.4. The molecule has 0 radical (unpaired) electrons. The molecule has 0 saturated heterocycles. The van der Waals surface area contributed by atoms with Gasteiger partial charge in [0.2, 0.25) is 0 Å². The van der Waals surface area contributed by atoms with E-state index in [9.17, 15) is 9.59 Å². The second-order valence-electron chi connectivity index (χ2n) is 5.16. The third kappa shape index (κ3) is 4.43. The third-order valence-corrected chi connectivity index (χ3v) is 4.41. The summed E-state index contributed by atoms with van der Waals surface area (Å²) in [5, 5.41) is 9.37. The monoisotopic (exact) mass is 371 g/mol. The van der Waals surface area contributed by atoms with E-state index < -0.39 is 0 Å². The summed E-state index contributed by atoms with van der Waals surface area (Å²) in [5.74, 6) is -0.518. The molecule has 0 spiro atoms. The van der Waals surface area contributed by atoms with E-state index in [1.165, 1.54) is 11.3 Å². The smallest absolute Gasteiger partial charge is 0.256 e. The Morgan fingerprint density at radius 3 is 2.68 bits per heavy atom. The molecule has 1 aromatic carbocycles. The number of anilines is 1. The van der Waals surface area contributed by atoms with E-state index in [4.69, 9.17) is 11.6 Å². The molecule has 0 atom stereocenters. The Bertz CT molecular complexity index is 883. The summed E-state index contributed by atoms with van der Waals surface area (Å²) < 4.78 is 0. The zero-order chi connectivity index (χ0) is 17.6. The number of rotatable bonds is 5. The summed E-state index contributed by atoms with van der Waals surface area (Å²) >= 11 is 7.64. The molecule has 3 rings (SSSR count). The highest BCUT2D eigenvalue weighted by molar-refractivity contribution is 7.08. The Hall–Kier alpha value is -2.70. The molecule has 0 aliphatic carbocycles. The topological polar surface area (TPSA) is 71.1 Å². The predicted molar refractivity (Wildman–Crippen MR) is 99.1 cm³/mol. The quantitative estimate of drug-likeness (QED) is 0.712. The number of nitrogens with one attached hydrogen (secondary N) is 2. The van der Waals surface area contributed by atoms with E-state index in [1.807, 2.05) is 23.6 Å². The van der Waals surface area contributed by atoms with Crippen LogP contribution in [0.2, 0.25) is 5.02 Å². The van der Waals surface area contributed by atoms with Crippen molar-refractivity contribution in [2.24, 2.45) is 0 Å². The molecule has 0 aliphatic heterocycles. The number of carbonyl (C=O) groups is 2. The molecular weight excluding hydrogens is 358 g/mol. The van der Waals surface area contributed by atoms with Crippen LogP contribution in [-0.4, -0.2) is 16.8 Å². The maximum absolute atomic E-state index is 12.2. The van der Waals surface area contributed by atoms with Gasteiger partial charge in [0, 0.05) is 17.3 Å². The fourth-order valence-corrected chi connectivity index (χ4v) is 3.05. The van der Waals surface area contributed by atoms with E-state index in [0.717, 1.165) is 5.69 Å². The number of amides is 2. The number of hydrogen-bond donors (Lipinski definition) is 2. The van der Waals surface area contributed by atoms with Crippen molar-refractivity contribution in [1.82, 2.24) is 10.3 Å². The lowest BCUT2D eigenvalue weighted by molar-refractivity contribution is 0.0950. The molecular formula is C18H14ClN3O2S. The van der Waals surface area contributed by atoms with Gasteiger partial charge in [-0.2, -0.15) is 11.3 Å². The van der Waals surface area contributed by atoms with Gasteiger partial charge >= 0.3 is 0 Å². The molecule has 0 bridgehead atoms. The lowest BCUT2D eigenvalue weighted by Gasteiger charge is -2.09. The number of carbonyl (C=O) groups excluding carboxylic acids is 2. The van der Waals surface area contributed by atoms with Crippen LogP contribution in [0.15, 0.2) is 59.4 Å². The first kappa shape index (κ1) is 17.1. The number of nitrogens with zero attached hydrogens (tertiary/aromatic N) is 1. The van der Waals surface area contributed by atoms with E-state index >= 15 is 0 Å². The van der Waals surface area contributed by atoms with Gasteiger partial charge < -0.3 is 10.6 Å². The number of hydrogen-bond acceptors (Lipinski definition) is 4. The highest BCUT2D eigenvalue weighted by atomic mass is 35.5. The van der Waals surface area contributed by atoms with Crippen LogP contribution in [-0.2, 0) is 6.54 Å². The highest BCUT2D eigenvalue weighted by Crippen LogP contribution is 2.22. The van der Waals surface area contributed by atoms with E-state index in [0.29, 0.717) is 23.4 Å². The fourth-order valence-electron chi connectivity index (χ4n) is 2.14. The van der Waals surface area contributed by atoms with Crippen molar-refractivity contribution >= 4 is 40.4 Å². The molecule has 5 nitrogen and oxygen atoms in total. The van der Waals surface area contributed by atoms with Crippen LogP contribution in [0.1, 0.15) is 26.4 Å². The van der Waals surface area contributed by atoms with Crippen molar-refractivity contribution in [2.75, 3.05) is 5.32 Å². The third-order valence-electron chi connectivity index (χ3n) is 3.41. The molecule has 0 saturated carbocycles. The van der Waals surface area contributed by atoms with Gasteiger partial charge in [0.1, 0.15) is 0 Å². The summed E-state index contributed by atoms with van der Waals surface area (Å²) in [7, 11) is 0. The van der Waals surface area contributed by atoms with Gasteiger partial charge in [-0.25, -0.2) is 0 Å². The minimum absolute atomic E-state index is 0.218. The standard InChI is InChI=1S/C18H14ClN3O2S/c19-16-9-13(22-17(23)12-6-8-25-11-12)4-5-15(16)18(24)21-10-14-3-1-2-7-20-14/h1-9,11H,10H2,(H,21,24)(H,22,23). The van der Waals surface area contributed by atoms with Gasteiger partial charge in [-0.05, 0) is 41.8 Å². The lowest BCUT2D eigenvalue weighted by atomic mass is 10.2. The zero-order valence-electron chi connectivity index (χ0n) is 13.0. The largest absolute Gasteiger partial charge is 0.346 e.